The fourth-order valence-electron chi connectivity index (χ4n) is 2.73. The van der Waals surface area contributed by atoms with Crippen molar-refractivity contribution in [1.82, 2.24) is 0 Å². The Kier molecular flexibility index (Phi) is 6.96. The average molecular weight is 354 g/mol. The van der Waals surface area contributed by atoms with Gasteiger partial charge in [-0.25, -0.2) is 9.59 Å². The topological polar surface area (TPSA) is 52.6 Å². The van der Waals surface area contributed by atoms with Crippen molar-refractivity contribution in [3.63, 3.8) is 0 Å². The quantitative estimate of drug-likeness (QED) is 0.623. The van der Waals surface area contributed by atoms with Crippen molar-refractivity contribution < 1.29 is 19.1 Å². The molecule has 0 aliphatic rings. The Morgan fingerprint density at radius 2 is 1.38 bits per heavy atom. The molecule has 0 saturated carbocycles. The van der Waals surface area contributed by atoms with E-state index in [1.165, 1.54) is 0 Å². The van der Waals surface area contributed by atoms with Crippen LogP contribution in [0.1, 0.15) is 60.7 Å². The summed E-state index contributed by atoms with van der Waals surface area (Å²) < 4.78 is 11.6. The molecule has 0 aromatic heterocycles. The third-order valence-corrected chi connectivity index (χ3v) is 4.53. The molecule has 2 rings (SSSR count). The van der Waals surface area contributed by atoms with E-state index < -0.39 is 23.6 Å². The molecule has 0 heterocycles. The van der Waals surface area contributed by atoms with E-state index in [1.54, 1.807) is 48.5 Å². The predicted octanol–water partition coefficient (Wildman–Crippen LogP) is 5.04. The summed E-state index contributed by atoms with van der Waals surface area (Å²) in [5.74, 6) is -0.814. The standard InChI is InChI=1S/C22H26O4/c1-4-12-19(25-20(23)17-13-8-6-9-14-17)22(3,5-2)26-21(24)18-15-10-7-11-16-18/h6-11,13-16,19H,4-5,12H2,1-3H3. The van der Waals surface area contributed by atoms with Crippen LogP contribution in [0.3, 0.4) is 0 Å². The van der Waals surface area contributed by atoms with Crippen molar-refractivity contribution in [1.29, 1.82) is 0 Å². The summed E-state index contributed by atoms with van der Waals surface area (Å²) >= 11 is 0. The molecular weight excluding hydrogens is 328 g/mol. The van der Waals surface area contributed by atoms with Gasteiger partial charge in [-0.15, -0.1) is 0 Å². The smallest absolute Gasteiger partial charge is 0.338 e. The molecule has 4 heteroatoms. The lowest BCUT2D eigenvalue weighted by molar-refractivity contribution is -0.0924. The van der Waals surface area contributed by atoms with Crippen LogP contribution in [0, 0.1) is 0 Å². The molecule has 4 nitrogen and oxygen atoms in total. The van der Waals surface area contributed by atoms with E-state index in [4.69, 9.17) is 9.47 Å². The number of ether oxygens (including phenoxy) is 2. The van der Waals surface area contributed by atoms with E-state index in [9.17, 15) is 9.59 Å². The number of rotatable bonds is 8. The number of carbonyl (C=O) groups is 2. The van der Waals surface area contributed by atoms with Crippen LogP contribution in [0.5, 0.6) is 0 Å². The second kappa shape index (κ2) is 9.18. The number of benzene rings is 2. The Morgan fingerprint density at radius 1 is 0.885 bits per heavy atom. The molecule has 0 bridgehead atoms. The molecule has 0 saturated heterocycles. The summed E-state index contributed by atoms with van der Waals surface area (Å²) in [6.45, 7) is 5.77. The molecule has 0 aliphatic carbocycles. The largest absolute Gasteiger partial charge is 0.455 e. The highest BCUT2D eigenvalue weighted by Crippen LogP contribution is 2.28. The lowest BCUT2D eigenvalue weighted by Gasteiger charge is -2.36. The maximum absolute atomic E-state index is 12.5. The summed E-state index contributed by atoms with van der Waals surface area (Å²) in [6.07, 6.45) is 1.45. The molecule has 0 N–H and O–H groups in total. The molecule has 2 aromatic rings. The molecule has 138 valence electrons. The zero-order valence-corrected chi connectivity index (χ0v) is 15.6. The molecule has 26 heavy (non-hydrogen) atoms. The molecule has 2 unspecified atom stereocenters. The van der Waals surface area contributed by atoms with Crippen molar-refractivity contribution >= 4 is 11.9 Å². The van der Waals surface area contributed by atoms with Crippen LogP contribution in [-0.2, 0) is 9.47 Å². The highest BCUT2D eigenvalue weighted by molar-refractivity contribution is 5.90. The van der Waals surface area contributed by atoms with Gasteiger partial charge in [-0.3, -0.25) is 0 Å². The summed E-state index contributed by atoms with van der Waals surface area (Å²) in [4.78, 5) is 25.0. The van der Waals surface area contributed by atoms with Gasteiger partial charge in [0.25, 0.3) is 0 Å². The van der Waals surface area contributed by atoms with Crippen LogP contribution in [0.2, 0.25) is 0 Å². The normalized spacial score (nSPS) is 14.1. The maximum Gasteiger partial charge on any atom is 0.338 e. The summed E-state index contributed by atoms with van der Waals surface area (Å²) in [5.41, 5.74) is 0.0751. The first kappa shape index (κ1) is 19.7. The van der Waals surface area contributed by atoms with Crippen LogP contribution in [0.25, 0.3) is 0 Å². The highest BCUT2D eigenvalue weighted by atomic mass is 16.6. The minimum atomic E-state index is -0.895. The lowest BCUT2D eigenvalue weighted by atomic mass is 9.92. The number of hydrogen-bond acceptors (Lipinski definition) is 4. The van der Waals surface area contributed by atoms with Gasteiger partial charge in [0.2, 0.25) is 0 Å². The van der Waals surface area contributed by atoms with Gasteiger partial charge in [0.15, 0.2) is 0 Å². The van der Waals surface area contributed by atoms with Gasteiger partial charge in [-0.05, 0) is 44.0 Å². The Balaban J connectivity index is 2.18. The summed E-state index contributed by atoms with van der Waals surface area (Å²) in [7, 11) is 0. The molecule has 0 aliphatic heterocycles. The number of hydrogen-bond donors (Lipinski definition) is 0. The van der Waals surface area contributed by atoms with Gasteiger partial charge in [0.1, 0.15) is 11.7 Å². The Labute approximate surface area is 155 Å². The monoisotopic (exact) mass is 354 g/mol. The zero-order chi connectivity index (χ0) is 19.0. The first-order valence-electron chi connectivity index (χ1n) is 9.04. The van der Waals surface area contributed by atoms with Crippen molar-refractivity contribution in [2.24, 2.45) is 0 Å². The van der Waals surface area contributed by atoms with Crippen molar-refractivity contribution in [3.05, 3.63) is 71.8 Å². The molecule has 0 fully saturated rings. The molecular formula is C22H26O4. The van der Waals surface area contributed by atoms with Crippen LogP contribution < -0.4 is 0 Å². The number of esters is 2. The van der Waals surface area contributed by atoms with E-state index in [2.05, 4.69) is 0 Å². The predicted molar refractivity (Wildman–Crippen MR) is 101 cm³/mol. The minimum absolute atomic E-state index is 0.403. The molecule has 0 amide bonds. The summed E-state index contributed by atoms with van der Waals surface area (Å²) in [5, 5.41) is 0. The van der Waals surface area contributed by atoms with Gasteiger partial charge < -0.3 is 9.47 Å². The van der Waals surface area contributed by atoms with E-state index >= 15 is 0 Å². The average Bonchev–Trinajstić information content (AvgIpc) is 2.68. The molecule has 0 spiro atoms. The van der Waals surface area contributed by atoms with Crippen molar-refractivity contribution in [3.8, 4) is 0 Å². The summed E-state index contributed by atoms with van der Waals surface area (Å²) in [6, 6.07) is 17.7. The van der Waals surface area contributed by atoms with E-state index in [-0.39, 0.29) is 0 Å². The van der Waals surface area contributed by atoms with E-state index in [1.807, 2.05) is 32.9 Å². The Morgan fingerprint density at radius 3 is 1.85 bits per heavy atom. The van der Waals surface area contributed by atoms with Crippen molar-refractivity contribution in [2.45, 2.75) is 51.7 Å². The van der Waals surface area contributed by atoms with Crippen LogP contribution in [0.4, 0.5) is 0 Å². The van der Waals surface area contributed by atoms with E-state index in [0.29, 0.717) is 24.0 Å². The first-order valence-corrected chi connectivity index (χ1v) is 9.04. The third-order valence-electron chi connectivity index (χ3n) is 4.53. The molecule has 0 radical (unpaired) electrons. The van der Waals surface area contributed by atoms with Crippen molar-refractivity contribution in [2.75, 3.05) is 0 Å². The van der Waals surface area contributed by atoms with Gasteiger partial charge in [-0.1, -0.05) is 56.7 Å². The van der Waals surface area contributed by atoms with Gasteiger partial charge in [-0.2, -0.15) is 0 Å². The van der Waals surface area contributed by atoms with Crippen LogP contribution >= 0.6 is 0 Å². The maximum atomic E-state index is 12.5. The Bertz CT molecular complexity index is 711. The second-order valence-corrected chi connectivity index (χ2v) is 6.47. The molecule has 2 atom stereocenters. The van der Waals surface area contributed by atoms with Crippen LogP contribution in [-0.4, -0.2) is 23.6 Å². The minimum Gasteiger partial charge on any atom is -0.455 e. The van der Waals surface area contributed by atoms with E-state index in [0.717, 1.165) is 6.42 Å². The fourth-order valence-corrected chi connectivity index (χ4v) is 2.73. The number of carbonyl (C=O) groups excluding carboxylic acids is 2. The Hall–Kier alpha value is -2.62. The van der Waals surface area contributed by atoms with Gasteiger partial charge in [0.05, 0.1) is 11.1 Å². The van der Waals surface area contributed by atoms with Gasteiger partial charge >= 0.3 is 11.9 Å². The lowest BCUT2D eigenvalue weighted by Crippen LogP contribution is -2.45. The fraction of sp³-hybridized carbons (Fsp3) is 0.364. The highest BCUT2D eigenvalue weighted by Gasteiger charge is 2.39. The second-order valence-electron chi connectivity index (χ2n) is 6.47. The SMILES string of the molecule is CCCC(OC(=O)c1ccccc1)C(C)(CC)OC(=O)c1ccccc1. The molecule has 2 aromatic carbocycles. The van der Waals surface area contributed by atoms with Crippen LogP contribution in [0.15, 0.2) is 60.7 Å². The van der Waals surface area contributed by atoms with Gasteiger partial charge in [0, 0.05) is 0 Å². The third kappa shape index (κ3) is 4.94. The zero-order valence-electron chi connectivity index (χ0n) is 15.6. The first-order chi connectivity index (χ1) is 12.5.